The Morgan fingerprint density at radius 2 is 2.27 bits per heavy atom. The molecular formula is C11H19NO2S. The highest BCUT2D eigenvalue weighted by molar-refractivity contribution is 7.91. The Morgan fingerprint density at radius 3 is 2.73 bits per heavy atom. The van der Waals surface area contributed by atoms with E-state index in [1.807, 2.05) is 0 Å². The number of nitrogens with zero attached hydrogens (tertiary/aromatic N) is 1. The van der Waals surface area contributed by atoms with Gasteiger partial charge >= 0.3 is 0 Å². The first-order chi connectivity index (χ1) is 7.09. The second-order valence-electron chi connectivity index (χ2n) is 4.09. The molecule has 86 valence electrons. The number of terminal acetylenes is 1. The molecule has 0 aromatic heterocycles. The van der Waals surface area contributed by atoms with Crippen molar-refractivity contribution in [2.75, 3.05) is 24.6 Å². The summed E-state index contributed by atoms with van der Waals surface area (Å²) in [5.74, 6) is 3.23. The quantitative estimate of drug-likeness (QED) is 0.658. The lowest BCUT2D eigenvalue weighted by molar-refractivity contribution is 0.235. The maximum atomic E-state index is 11.3. The van der Waals surface area contributed by atoms with E-state index >= 15 is 0 Å². The zero-order valence-electron chi connectivity index (χ0n) is 9.28. The van der Waals surface area contributed by atoms with Crippen LogP contribution in [0.2, 0.25) is 0 Å². The number of hydrogen-bond donors (Lipinski definition) is 0. The molecule has 0 saturated carbocycles. The highest BCUT2D eigenvalue weighted by Gasteiger charge is 2.31. The zero-order chi connectivity index (χ0) is 11.3. The summed E-state index contributed by atoms with van der Waals surface area (Å²) in [6.45, 7) is 3.61. The van der Waals surface area contributed by atoms with Crippen molar-refractivity contribution in [3.8, 4) is 12.3 Å². The highest BCUT2D eigenvalue weighted by Crippen LogP contribution is 2.17. The Morgan fingerprint density at radius 1 is 1.53 bits per heavy atom. The normalized spacial score (nSPS) is 24.2. The van der Waals surface area contributed by atoms with E-state index in [9.17, 15) is 8.42 Å². The van der Waals surface area contributed by atoms with Crippen LogP contribution < -0.4 is 0 Å². The molecule has 1 saturated heterocycles. The number of rotatable bonds is 5. The van der Waals surface area contributed by atoms with Crippen LogP contribution in [0.3, 0.4) is 0 Å². The molecule has 1 atom stereocenters. The van der Waals surface area contributed by atoms with Crippen molar-refractivity contribution in [3.63, 3.8) is 0 Å². The van der Waals surface area contributed by atoms with Gasteiger partial charge in [0, 0.05) is 6.04 Å². The lowest BCUT2D eigenvalue weighted by atomic mass is 10.2. The van der Waals surface area contributed by atoms with E-state index in [1.165, 1.54) is 0 Å². The van der Waals surface area contributed by atoms with Crippen molar-refractivity contribution in [2.24, 2.45) is 0 Å². The van der Waals surface area contributed by atoms with E-state index in [2.05, 4.69) is 17.7 Å². The molecule has 0 aliphatic carbocycles. The van der Waals surface area contributed by atoms with Crippen molar-refractivity contribution < 1.29 is 8.42 Å². The van der Waals surface area contributed by atoms with E-state index < -0.39 is 9.84 Å². The van der Waals surface area contributed by atoms with Crippen LogP contribution in [0.4, 0.5) is 0 Å². The van der Waals surface area contributed by atoms with Crippen molar-refractivity contribution in [3.05, 3.63) is 0 Å². The van der Waals surface area contributed by atoms with Crippen LogP contribution in [0, 0.1) is 12.3 Å². The van der Waals surface area contributed by atoms with Crippen molar-refractivity contribution in [1.82, 2.24) is 4.90 Å². The first-order valence-electron chi connectivity index (χ1n) is 5.47. The van der Waals surface area contributed by atoms with Gasteiger partial charge in [0.05, 0.1) is 18.1 Å². The summed E-state index contributed by atoms with van der Waals surface area (Å²) >= 11 is 0. The first-order valence-corrected chi connectivity index (χ1v) is 7.29. The molecule has 0 bridgehead atoms. The van der Waals surface area contributed by atoms with Crippen LogP contribution >= 0.6 is 0 Å². The standard InChI is InChI=1S/C11H19NO2S/c1-3-5-8-12(7-4-2)11-6-9-15(13,14)10-11/h2,11H,3,5-10H2,1H3. The molecule has 0 N–H and O–H groups in total. The topological polar surface area (TPSA) is 37.4 Å². The molecule has 0 aromatic carbocycles. The van der Waals surface area contributed by atoms with Crippen molar-refractivity contribution in [1.29, 1.82) is 0 Å². The molecule has 1 fully saturated rings. The third-order valence-electron chi connectivity index (χ3n) is 2.82. The summed E-state index contributed by atoms with van der Waals surface area (Å²) in [5, 5.41) is 0. The van der Waals surface area contributed by atoms with Gasteiger partial charge in [-0.15, -0.1) is 6.42 Å². The average Bonchev–Trinajstić information content (AvgIpc) is 2.53. The van der Waals surface area contributed by atoms with Crippen molar-refractivity contribution >= 4 is 9.84 Å². The lowest BCUT2D eigenvalue weighted by Crippen LogP contribution is -2.37. The van der Waals surface area contributed by atoms with E-state index in [-0.39, 0.29) is 6.04 Å². The molecule has 3 nitrogen and oxygen atoms in total. The molecule has 1 rings (SSSR count). The Labute approximate surface area is 92.8 Å². The van der Waals surface area contributed by atoms with Crippen molar-refractivity contribution in [2.45, 2.75) is 32.2 Å². The van der Waals surface area contributed by atoms with Gasteiger partial charge in [-0.3, -0.25) is 4.90 Å². The second kappa shape index (κ2) is 5.53. The third kappa shape index (κ3) is 3.84. The summed E-state index contributed by atoms with van der Waals surface area (Å²) in [4.78, 5) is 2.13. The zero-order valence-corrected chi connectivity index (χ0v) is 10.1. The van der Waals surface area contributed by atoms with Gasteiger partial charge in [-0.1, -0.05) is 19.3 Å². The van der Waals surface area contributed by atoms with Crippen LogP contribution in [0.1, 0.15) is 26.2 Å². The van der Waals surface area contributed by atoms with Crippen LogP contribution in [0.5, 0.6) is 0 Å². The maximum Gasteiger partial charge on any atom is 0.151 e. The number of hydrogen-bond acceptors (Lipinski definition) is 3. The van der Waals surface area contributed by atoms with Gasteiger partial charge in [0.25, 0.3) is 0 Å². The predicted octanol–water partition coefficient (Wildman–Crippen LogP) is 0.909. The third-order valence-corrected chi connectivity index (χ3v) is 4.57. The minimum Gasteiger partial charge on any atom is -0.288 e. The van der Waals surface area contributed by atoms with Gasteiger partial charge in [0.2, 0.25) is 0 Å². The van der Waals surface area contributed by atoms with Gasteiger partial charge in [0.1, 0.15) is 0 Å². The van der Waals surface area contributed by atoms with Crippen LogP contribution in [-0.2, 0) is 9.84 Å². The molecule has 1 aliphatic rings. The number of sulfone groups is 1. The highest BCUT2D eigenvalue weighted by atomic mass is 32.2. The number of unbranched alkanes of at least 4 members (excludes halogenated alkanes) is 1. The first kappa shape index (κ1) is 12.5. The molecule has 1 unspecified atom stereocenters. The minimum atomic E-state index is -2.79. The van der Waals surface area contributed by atoms with Gasteiger partial charge in [-0.05, 0) is 19.4 Å². The summed E-state index contributed by atoms with van der Waals surface area (Å²) < 4.78 is 22.7. The summed E-state index contributed by atoms with van der Waals surface area (Å²) in [7, 11) is -2.79. The fraction of sp³-hybridized carbons (Fsp3) is 0.818. The summed E-state index contributed by atoms with van der Waals surface area (Å²) in [5.41, 5.74) is 0. The van der Waals surface area contributed by atoms with Crippen LogP contribution in [0.15, 0.2) is 0 Å². The molecule has 0 aromatic rings. The van der Waals surface area contributed by atoms with Crippen LogP contribution in [-0.4, -0.2) is 44.0 Å². The smallest absolute Gasteiger partial charge is 0.151 e. The largest absolute Gasteiger partial charge is 0.288 e. The Balaban J connectivity index is 2.54. The fourth-order valence-corrected chi connectivity index (χ4v) is 3.69. The molecule has 4 heteroatoms. The lowest BCUT2D eigenvalue weighted by Gasteiger charge is -2.25. The Hall–Kier alpha value is -0.530. The second-order valence-corrected chi connectivity index (χ2v) is 6.31. The summed E-state index contributed by atoms with van der Waals surface area (Å²) in [6, 6.07) is 0.151. The average molecular weight is 229 g/mol. The molecule has 1 aliphatic heterocycles. The molecular weight excluding hydrogens is 210 g/mol. The SMILES string of the molecule is C#CCN(CCCC)C1CCS(=O)(=O)C1. The molecule has 0 radical (unpaired) electrons. The van der Waals surface area contributed by atoms with E-state index in [4.69, 9.17) is 6.42 Å². The van der Waals surface area contributed by atoms with E-state index in [0.717, 1.165) is 25.8 Å². The van der Waals surface area contributed by atoms with Crippen LogP contribution in [0.25, 0.3) is 0 Å². The monoisotopic (exact) mass is 229 g/mol. The molecule has 0 spiro atoms. The summed E-state index contributed by atoms with van der Waals surface area (Å²) in [6.07, 6.45) is 8.23. The predicted molar refractivity (Wildman–Crippen MR) is 62.4 cm³/mol. The Bertz CT molecular complexity index is 329. The van der Waals surface area contributed by atoms with E-state index in [1.54, 1.807) is 0 Å². The molecule has 0 amide bonds. The van der Waals surface area contributed by atoms with Gasteiger partial charge in [-0.2, -0.15) is 0 Å². The maximum absolute atomic E-state index is 11.3. The van der Waals surface area contributed by atoms with Gasteiger partial charge in [-0.25, -0.2) is 8.42 Å². The molecule has 1 heterocycles. The van der Waals surface area contributed by atoms with Gasteiger partial charge in [0.15, 0.2) is 9.84 Å². The fourth-order valence-electron chi connectivity index (χ4n) is 1.93. The van der Waals surface area contributed by atoms with E-state index in [0.29, 0.717) is 18.1 Å². The molecule has 15 heavy (non-hydrogen) atoms. The Kier molecular flexibility index (Phi) is 4.62. The minimum absolute atomic E-state index is 0.151. The van der Waals surface area contributed by atoms with Gasteiger partial charge < -0.3 is 0 Å².